The molecule has 8 nitrogen and oxygen atoms in total. The number of sulfonamides is 1. The molecule has 0 saturated heterocycles. The Morgan fingerprint density at radius 3 is 2.76 bits per heavy atom. The first-order valence-electron chi connectivity index (χ1n) is 6.55. The number of nitrogens with zero attached hydrogens (tertiary/aromatic N) is 3. The van der Waals surface area contributed by atoms with Crippen LogP contribution in [0, 0.1) is 6.92 Å². The Hall–Kier alpha value is -1.71. The van der Waals surface area contributed by atoms with E-state index < -0.39 is 10.0 Å². The quantitative estimate of drug-likeness (QED) is 0.756. The fraction of sp³-hybridized carbons (Fsp3) is 0.500. The Labute approximate surface area is 122 Å². The minimum Gasteiger partial charge on any atom is -0.390 e. The zero-order valence-electron chi connectivity index (χ0n) is 11.9. The van der Waals surface area contributed by atoms with Crippen LogP contribution in [-0.4, -0.2) is 34.8 Å². The summed E-state index contributed by atoms with van der Waals surface area (Å²) in [4.78, 5) is 4.13. The number of aliphatic hydroxyl groups is 1. The highest BCUT2D eigenvalue weighted by Gasteiger charge is 2.17. The maximum absolute atomic E-state index is 12.2. The second-order valence-electron chi connectivity index (χ2n) is 4.49. The number of hydrogen-bond donors (Lipinski definition) is 2. The van der Waals surface area contributed by atoms with Crippen LogP contribution < -0.4 is 4.72 Å². The van der Waals surface area contributed by atoms with Crippen molar-refractivity contribution in [1.82, 2.24) is 19.4 Å². The van der Waals surface area contributed by atoms with Crippen molar-refractivity contribution in [3.05, 3.63) is 29.7 Å². The van der Waals surface area contributed by atoms with E-state index >= 15 is 0 Å². The summed E-state index contributed by atoms with van der Waals surface area (Å²) in [6.45, 7) is 4.11. The van der Waals surface area contributed by atoms with Crippen molar-refractivity contribution in [2.75, 3.05) is 6.54 Å². The minimum atomic E-state index is -3.61. The average molecular weight is 314 g/mol. The van der Waals surface area contributed by atoms with Gasteiger partial charge in [-0.1, -0.05) is 5.16 Å². The molecule has 2 N–H and O–H groups in total. The van der Waals surface area contributed by atoms with Crippen molar-refractivity contribution in [3.63, 3.8) is 0 Å². The molecule has 21 heavy (non-hydrogen) atoms. The molecule has 0 aliphatic rings. The van der Waals surface area contributed by atoms with Crippen molar-refractivity contribution in [1.29, 1.82) is 0 Å². The molecule has 0 saturated carbocycles. The number of hydrogen-bond acceptors (Lipinski definition) is 6. The van der Waals surface area contributed by atoms with Gasteiger partial charge in [0.2, 0.25) is 15.9 Å². The van der Waals surface area contributed by atoms with Crippen molar-refractivity contribution in [2.45, 2.75) is 38.3 Å². The molecule has 0 fully saturated rings. The largest absolute Gasteiger partial charge is 0.390 e. The fourth-order valence-corrected chi connectivity index (χ4v) is 3.02. The maximum atomic E-state index is 12.2. The molecule has 0 atom stereocenters. The van der Waals surface area contributed by atoms with E-state index in [2.05, 4.69) is 14.9 Å². The van der Waals surface area contributed by atoms with Crippen LogP contribution in [0.15, 0.2) is 21.7 Å². The highest BCUT2D eigenvalue weighted by atomic mass is 32.2. The number of aryl methyl sites for hydroxylation is 2. The molecule has 0 spiro atoms. The van der Waals surface area contributed by atoms with Gasteiger partial charge in [-0.2, -0.15) is 4.98 Å². The topological polar surface area (TPSA) is 110 Å². The Morgan fingerprint density at radius 1 is 1.48 bits per heavy atom. The van der Waals surface area contributed by atoms with Gasteiger partial charge in [0.05, 0.1) is 11.5 Å². The first-order chi connectivity index (χ1) is 9.96. The summed E-state index contributed by atoms with van der Waals surface area (Å²) < 4.78 is 33.3. The molecule has 116 valence electrons. The summed E-state index contributed by atoms with van der Waals surface area (Å²) in [5.41, 5.74) is 0.562. The van der Waals surface area contributed by atoms with Gasteiger partial charge in [-0.05, 0) is 13.0 Å². The molecule has 2 aromatic rings. The van der Waals surface area contributed by atoms with Gasteiger partial charge in [-0.15, -0.1) is 0 Å². The summed E-state index contributed by atoms with van der Waals surface area (Å²) in [6.07, 6.45) is 1.85. The van der Waals surface area contributed by atoms with Gasteiger partial charge in [0.1, 0.15) is 0 Å². The van der Waals surface area contributed by atoms with Crippen LogP contribution in [0.5, 0.6) is 0 Å². The fourth-order valence-electron chi connectivity index (χ4n) is 1.92. The van der Waals surface area contributed by atoms with E-state index in [1.54, 1.807) is 11.5 Å². The standard InChI is InChI=1S/C12H18N4O4S/c1-3-16-7-11(6-10(16)8-17)21(18,19)13-5-4-12-14-9(2)20-15-12/h6-7,13,17H,3-5,8H2,1-2H3. The van der Waals surface area contributed by atoms with Crippen LogP contribution in [0.3, 0.4) is 0 Å². The lowest BCUT2D eigenvalue weighted by atomic mass is 10.4. The predicted octanol–water partition coefficient (Wildman–Crippen LogP) is 0.213. The van der Waals surface area contributed by atoms with Gasteiger partial charge in [-0.3, -0.25) is 0 Å². The minimum absolute atomic E-state index is 0.137. The molecular formula is C12H18N4O4S. The van der Waals surface area contributed by atoms with E-state index in [1.807, 2.05) is 6.92 Å². The molecule has 0 radical (unpaired) electrons. The van der Waals surface area contributed by atoms with Gasteiger partial charge in [-0.25, -0.2) is 13.1 Å². The first kappa shape index (κ1) is 15.7. The second kappa shape index (κ2) is 6.37. The smallest absolute Gasteiger partial charge is 0.242 e. The van der Waals surface area contributed by atoms with Crippen LogP contribution in [0.25, 0.3) is 0 Å². The third-order valence-corrected chi connectivity index (χ3v) is 4.41. The zero-order valence-corrected chi connectivity index (χ0v) is 12.7. The second-order valence-corrected chi connectivity index (χ2v) is 6.26. The van der Waals surface area contributed by atoms with Gasteiger partial charge in [0.25, 0.3) is 0 Å². The lowest BCUT2D eigenvalue weighted by Crippen LogP contribution is -2.26. The van der Waals surface area contributed by atoms with Crippen LogP contribution in [0.2, 0.25) is 0 Å². The monoisotopic (exact) mass is 314 g/mol. The van der Waals surface area contributed by atoms with E-state index in [-0.39, 0.29) is 18.0 Å². The summed E-state index contributed by atoms with van der Waals surface area (Å²) in [5.74, 6) is 0.901. The Balaban J connectivity index is 2.02. The van der Waals surface area contributed by atoms with Crippen LogP contribution >= 0.6 is 0 Å². The molecule has 0 unspecified atom stereocenters. The maximum Gasteiger partial charge on any atom is 0.242 e. The van der Waals surface area contributed by atoms with Crippen molar-refractivity contribution in [3.8, 4) is 0 Å². The van der Waals surface area contributed by atoms with Crippen LogP contribution in [0.1, 0.15) is 24.3 Å². The number of aromatic nitrogens is 3. The SMILES string of the molecule is CCn1cc(S(=O)(=O)NCCc2noc(C)n2)cc1CO. The van der Waals surface area contributed by atoms with E-state index in [1.165, 1.54) is 12.3 Å². The Kier molecular flexibility index (Phi) is 4.76. The van der Waals surface area contributed by atoms with Gasteiger partial charge in [0.15, 0.2) is 5.82 Å². The van der Waals surface area contributed by atoms with Crippen molar-refractivity contribution in [2.24, 2.45) is 0 Å². The molecule has 0 aliphatic carbocycles. The third-order valence-electron chi connectivity index (χ3n) is 2.98. The molecule has 9 heteroatoms. The molecule has 2 rings (SSSR count). The Morgan fingerprint density at radius 2 is 2.24 bits per heavy atom. The Bertz CT molecular complexity index is 683. The van der Waals surface area contributed by atoms with E-state index in [0.717, 1.165) is 0 Å². The third kappa shape index (κ3) is 3.69. The average Bonchev–Trinajstić information content (AvgIpc) is 3.04. The van der Waals surface area contributed by atoms with Crippen molar-refractivity contribution >= 4 is 10.0 Å². The molecule has 0 amide bonds. The molecule has 0 aromatic carbocycles. The number of nitrogens with one attached hydrogen (secondary N) is 1. The van der Waals surface area contributed by atoms with E-state index in [9.17, 15) is 13.5 Å². The molecule has 2 heterocycles. The summed E-state index contributed by atoms with van der Waals surface area (Å²) in [5, 5.41) is 12.9. The lowest BCUT2D eigenvalue weighted by Gasteiger charge is -2.03. The van der Waals surface area contributed by atoms with Crippen LogP contribution in [0.4, 0.5) is 0 Å². The lowest BCUT2D eigenvalue weighted by molar-refractivity contribution is 0.271. The van der Waals surface area contributed by atoms with Gasteiger partial charge in [0, 0.05) is 38.3 Å². The predicted molar refractivity (Wildman–Crippen MR) is 74.0 cm³/mol. The first-order valence-corrected chi connectivity index (χ1v) is 8.03. The van der Waals surface area contributed by atoms with Crippen molar-refractivity contribution < 1.29 is 18.0 Å². The molecule has 0 bridgehead atoms. The number of rotatable bonds is 7. The van der Waals surface area contributed by atoms with Gasteiger partial charge < -0.3 is 14.2 Å². The van der Waals surface area contributed by atoms with Gasteiger partial charge >= 0.3 is 0 Å². The summed E-state index contributed by atoms with van der Waals surface area (Å²) in [6, 6.07) is 1.46. The highest BCUT2D eigenvalue weighted by molar-refractivity contribution is 7.89. The zero-order chi connectivity index (χ0) is 15.5. The molecule has 2 aromatic heterocycles. The molecular weight excluding hydrogens is 296 g/mol. The summed E-state index contributed by atoms with van der Waals surface area (Å²) >= 11 is 0. The van der Waals surface area contributed by atoms with E-state index in [0.29, 0.717) is 30.4 Å². The summed E-state index contributed by atoms with van der Waals surface area (Å²) in [7, 11) is -3.61. The van der Waals surface area contributed by atoms with E-state index in [4.69, 9.17) is 4.52 Å². The normalized spacial score (nSPS) is 12.0. The number of aliphatic hydroxyl groups excluding tert-OH is 1. The van der Waals surface area contributed by atoms with Crippen LogP contribution in [-0.2, 0) is 29.6 Å². The highest BCUT2D eigenvalue weighted by Crippen LogP contribution is 2.14. The molecule has 0 aliphatic heterocycles.